The highest BCUT2D eigenvalue weighted by Crippen LogP contribution is 2.43. The van der Waals surface area contributed by atoms with Gasteiger partial charge in [-0.3, -0.25) is 9.69 Å². The lowest BCUT2D eigenvalue weighted by atomic mass is 10.1. The Morgan fingerprint density at radius 3 is 2.62 bits per heavy atom. The van der Waals surface area contributed by atoms with Crippen molar-refractivity contribution < 1.29 is 14.3 Å². The van der Waals surface area contributed by atoms with Gasteiger partial charge in [-0.25, -0.2) is 0 Å². The number of thioether (sulfide) groups is 1. The van der Waals surface area contributed by atoms with Gasteiger partial charge in [-0.15, -0.1) is 10.2 Å². The summed E-state index contributed by atoms with van der Waals surface area (Å²) in [5.74, 6) is 1.75. The number of aromatic nitrogens is 3. The number of fused-ring (bicyclic) bond motifs is 3. The van der Waals surface area contributed by atoms with Crippen LogP contribution >= 0.6 is 11.8 Å². The number of ether oxygens (including phenoxy) is 2. The summed E-state index contributed by atoms with van der Waals surface area (Å²) in [6.45, 7) is 3.54. The summed E-state index contributed by atoms with van der Waals surface area (Å²) in [5, 5.41) is 9.12. The maximum atomic E-state index is 12.7. The number of hydrogen-bond acceptors (Lipinski definition) is 7. The van der Waals surface area contributed by atoms with Gasteiger partial charge in [0.1, 0.15) is 5.75 Å². The summed E-state index contributed by atoms with van der Waals surface area (Å²) in [4.78, 5) is 18.9. The molecule has 0 saturated heterocycles. The zero-order valence-electron chi connectivity index (χ0n) is 16.3. The molecule has 2 heterocycles. The van der Waals surface area contributed by atoms with Crippen LogP contribution in [0, 0.1) is 0 Å². The third kappa shape index (κ3) is 3.63. The fourth-order valence-corrected chi connectivity index (χ4v) is 3.73. The first-order valence-electron chi connectivity index (χ1n) is 9.19. The molecule has 7 nitrogen and oxygen atoms in total. The van der Waals surface area contributed by atoms with Gasteiger partial charge in [-0.05, 0) is 36.1 Å². The van der Waals surface area contributed by atoms with Gasteiger partial charge in [0.15, 0.2) is 5.69 Å². The second-order valence-corrected chi connectivity index (χ2v) is 7.56. The lowest BCUT2D eigenvalue weighted by Gasteiger charge is -2.29. The molecule has 4 rings (SSSR count). The highest BCUT2D eigenvalue weighted by Gasteiger charge is 2.34. The van der Waals surface area contributed by atoms with E-state index in [0.717, 1.165) is 22.6 Å². The number of nitrogens with zero attached hydrogens (tertiary/aromatic N) is 4. The van der Waals surface area contributed by atoms with Crippen molar-refractivity contribution in [1.82, 2.24) is 15.2 Å². The summed E-state index contributed by atoms with van der Waals surface area (Å²) in [7, 11) is 1.61. The number of benzene rings is 2. The monoisotopic (exact) mass is 408 g/mol. The number of rotatable bonds is 4. The molecule has 8 heteroatoms. The van der Waals surface area contributed by atoms with Crippen LogP contribution < -0.4 is 14.4 Å². The van der Waals surface area contributed by atoms with Gasteiger partial charge in [-0.1, -0.05) is 36.9 Å². The average molecular weight is 408 g/mol. The van der Waals surface area contributed by atoms with Gasteiger partial charge < -0.3 is 9.47 Å². The van der Waals surface area contributed by atoms with Crippen LogP contribution in [0.15, 0.2) is 53.7 Å². The molecule has 0 N–H and O–H groups in total. The zero-order valence-corrected chi connectivity index (χ0v) is 17.1. The van der Waals surface area contributed by atoms with Crippen molar-refractivity contribution in [3.63, 3.8) is 0 Å². The van der Waals surface area contributed by atoms with Gasteiger partial charge in [0, 0.05) is 18.1 Å². The number of methoxy groups -OCH3 is 1. The van der Waals surface area contributed by atoms with Crippen molar-refractivity contribution in [1.29, 1.82) is 0 Å². The Hall–Kier alpha value is -3.13. The van der Waals surface area contributed by atoms with Gasteiger partial charge in [0.25, 0.3) is 0 Å². The molecule has 0 spiro atoms. The van der Waals surface area contributed by atoms with Crippen molar-refractivity contribution >= 4 is 23.4 Å². The Balaban J connectivity index is 1.91. The highest BCUT2D eigenvalue weighted by atomic mass is 32.2. The molecular weight excluding hydrogens is 388 g/mol. The number of carbonyl (C=O) groups is 1. The quantitative estimate of drug-likeness (QED) is 0.601. The van der Waals surface area contributed by atoms with Crippen LogP contribution in [0.3, 0.4) is 0 Å². The van der Waals surface area contributed by atoms with Crippen LogP contribution in [0.1, 0.15) is 25.6 Å². The largest absolute Gasteiger partial charge is 0.497 e. The molecule has 148 valence electrons. The third-order valence-corrected chi connectivity index (χ3v) is 5.25. The number of para-hydroxylation sites is 1. The second-order valence-electron chi connectivity index (χ2n) is 6.33. The maximum absolute atomic E-state index is 12.7. The molecule has 3 aromatic rings. The van der Waals surface area contributed by atoms with Crippen LogP contribution in [0.4, 0.5) is 5.69 Å². The van der Waals surface area contributed by atoms with E-state index >= 15 is 0 Å². The molecule has 29 heavy (non-hydrogen) atoms. The van der Waals surface area contributed by atoms with Gasteiger partial charge >= 0.3 is 0 Å². The molecule has 2 aromatic carbocycles. The average Bonchev–Trinajstić information content (AvgIpc) is 2.88. The summed E-state index contributed by atoms with van der Waals surface area (Å²) in [6.07, 6.45) is -0.697. The Labute approximate surface area is 173 Å². The van der Waals surface area contributed by atoms with Crippen LogP contribution in [0.5, 0.6) is 11.6 Å². The lowest BCUT2D eigenvalue weighted by molar-refractivity contribution is -0.118. The minimum Gasteiger partial charge on any atom is -0.497 e. The van der Waals surface area contributed by atoms with Crippen LogP contribution in [0.2, 0.25) is 0 Å². The Morgan fingerprint density at radius 2 is 1.93 bits per heavy atom. The van der Waals surface area contributed by atoms with E-state index in [0.29, 0.717) is 22.4 Å². The molecule has 0 fully saturated rings. The summed E-state index contributed by atoms with van der Waals surface area (Å²) < 4.78 is 11.6. The number of amides is 1. The fraction of sp³-hybridized carbons (Fsp3) is 0.238. The fourth-order valence-electron chi connectivity index (χ4n) is 3.23. The van der Waals surface area contributed by atoms with Crippen molar-refractivity contribution in [3.05, 3.63) is 54.1 Å². The molecule has 1 aliphatic rings. The normalized spacial score (nSPS) is 15.0. The minimum atomic E-state index is -0.697. The first-order chi connectivity index (χ1) is 14.1. The minimum absolute atomic E-state index is 0.151. The predicted molar refractivity (Wildman–Crippen MR) is 111 cm³/mol. The van der Waals surface area contributed by atoms with Gasteiger partial charge in [-0.2, -0.15) is 4.98 Å². The van der Waals surface area contributed by atoms with Crippen LogP contribution in [0.25, 0.3) is 11.3 Å². The van der Waals surface area contributed by atoms with Gasteiger partial charge in [0.2, 0.25) is 23.2 Å². The van der Waals surface area contributed by atoms with Gasteiger partial charge in [0.05, 0.1) is 12.8 Å². The molecule has 0 aliphatic carbocycles. The summed E-state index contributed by atoms with van der Waals surface area (Å²) in [6, 6.07) is 15.0. The SMILES string of the molecule is CCSc1nnc2c(n1)OC(c1ccc(OC)cc1)N(C(C)=O)c1ccccc1-2. The third-order valence-electron chi connectivity index (χ3n) is 4.53. The van der Waals surface area contributed by atoms with Crippen molar-refractivity contribution in [2.45, 2.75) is 25.2 Å². The van der Waals surface area contributed by atoms with Crippen molar-refractivity contribution in [2.24, 2.45) is 0 Å². The molecule has 0 saturated carbocycles. The first kappa shape index (κ1) is 19.2. The van der Waals surface area contributed by atoms with E-state index in [4.69, 9.17) is 9.47 Å². The summed E-state index contributed by atoms with van der Waals surface area (Å²) >= 11 is 1.48. The lowest BCUT2D eigenvalue weighted by Crippen LogP contribution is -2.36. The molecule has 1 aliphatic heterocycles. The molecule has 0 bridgehead atoms. The number of carbonyl (C=O) groups excluding carboxylic acids is 1. The molecule has 0 radical (unpaired) electrons. The van der Waals surface area contributed by atoms with E-state index in [-0.39, 0.29) is 5.91 Å². The molecule has 1 aromatic heterocycles. The molecule has 1 unspecified atom stereocenters. The summed E-state index contributed by atoms with van der Waals surface area (Å²) in [5.41, 5.74) is 2.77. The van der Waals surface area contributed by atoms with E-state index in [2.05, 4.69) is 15.2 Å². The number of hydrogen-bond donors (Lipinski definition) is 0. The van der Waals surface area contributed by atoms with Crippen LogP contribution in [-0.4, -0.2) is 34.0 Å². The molecule has 1 amide bonds. The topological polar surface area (TPSA) is 77.4 Å². The van der Waals surface area contributed by atoms with E-state index in [1.54, 1.807) is 12.0 Å². The van der Waals surface area contributed by atoms with E-state index in [1.165, 1.54) is 18.7 Å². The Kier molecular flexibility index (Phi) is 5.35. The predicted octanol–water partition coefficient (Wildman–Crippen LogP) is 4.10. The van der Waals surface area contributed by atoms with E-state index < -0.39 is 6.23 Å². The number of anilines is 1. The van der Waals surface area contributed by atoms with Crippen LogP contribution in [-0.2, 0) is 4.79 Å². The molecular formula is C21H20N4O3S. The smallest absolute Gasteiger partial charge is 0.247 e. The van der Waals surface area contributed by atoms with E-state index in [1.807, 2.05) is 55.5 Å². The zero-order chi connectivity index (χ0) is 20.4. The Bertz CT molecular complexity index is 1040. The molecule has 1 atom stereocenters. The van der Waals surface area contributed by atoms with Crippen molar-refractivity contribution in [3.8, 4) is 22.9 Å². The maximum Gasteiger partial charge on any atom is 0.247 e. The Morgan fingerprint density at radius 1 is 1.17 bits per heavy atom. The second kappa shape index (κ2) is 8.08. The van der Waals surface area contributed by atoms with E-state index in [9.17, 15) is 4.79 Å². The van der Waals surface area contributed by atoms with Crippen molar-refractivity contribution in [2.75, 3.05) is 17.8 Å². The first-order valence-corrected chi connectivity index (χ1v) is 10.2. The highest BCUT2D eigenvalue weighted by molar-refractivity contribution is 7.99. The standard InChI is InChI=1S/C21H20N4O3S/c1-4-29-21-22-19-18(23-24-21)16-7-5-6-8-17(16)25(13(2)26)20(28-19)14-9-11-15(27-3)12-10-14/h5-12,20H,4H2,1-3H3.